The summed E-state index contributed by atoms with van der Waals surface area (Å²) in [6.45, 7) is 1.66. The summed E-state index contributed by atoms with van der Waals surface area (Å²) in [5.41, 5.74) is 1.71. The monoisotopic (exact) mass is 328 g/mol. The average Bonchev–Trinajstić information content (AvgIpc) is 2.35. The quantitative estimate of drug-likeness (QED) is 0.851. The molecule has 18 heavy (non-hydrogen) atoms. The van der Waals surface area contributed by atoms with E-state index < -0.39 is 6.10 Å². The molecule has 2 rings (SSSR count). The van der Waals surface area contributed by atoms with Crippen LogP contribution < -0.4 is 0 Å². The number of rotatable bonds is 2. The van der Waals surface area contributed by atoms with Gasteiger partial charge in [-0.1, -0.05) is 39.7 Å². The number of aryl methyl sites for hydroxylation is 1. The molecule has 0 radical (unpaired) electrons. The first-order valence-corrected chi connectivity index (χ1v) is 6.55. The van der Waals surface area contributed by atoms with Crippen molar-refractivity contribution in [2.75, 3.05) is 0 Å². The minimum Gasteiger partial charge on any atom is -0.384 e. The molecule has 0 bridgehead atoms. The Labute approximate surface area is 118 Å². The van der Waals surface area contributed by atoms with Crippen molar-refractivity contribution in [3.8, 4) is 0 Å². The molecule has 0 aliphatic heterocycles. The average molecular weight is 330 g/mol. The summed E-state index contributed by atoms with van der Waals surface area (Å²) in [4.78, 5) is 0. The molecule has 1 atom stereocenters. The fourth-order valence-corrected chi connectivity index (χ4v) is 2.34. The van der Waals surface area contributed by atoms with E-state index in [1.165, 1.54) is 6.07 Å². The molecule has 4 heteroatoms. The van der Waals surface area contributed by atoms with Crippen molar-refractivity contribution < 1.29 is 9.50 Å². The molecule has 0 spiro atoms. The van der Waals surface area contributed by atoms with Gasteiger partial charge in [-0.15, -0.1) is 0 Å². The molecule has 0 saturated carbocycles. The minimum atomic E-state index is -0.866. The summed E-state index contributed by atoms with van der Waals surface area (Å²) in [5, 5.41) is 10.8. The SMILES string of the molecule is Cc1cc(C(O)c2cc(Br)ccc2Cl)ccc1F. The van der Waals surface area contributed by atoms with Crippen LogP contribution in [0.3, 0.4) is 0 Å². The van der Waals surface area contributed by atoms with Crippen LogP contribution in [0.2, 0.25) is 5.02 Å². The summed E-state index contributed by atoms with van der Waals surface area (Å²) in [5.74, 6) is -0.286. The number of aliphatic hydroxyl groups excluding tert-OH is 1. The van der Waals surface area contributed by atoms with Gasteiger partial charge in [0.25, 0.3) is 0 Å². The third kappa shape index (κ3) is 2.74. The highest BCUT2D eigenvalue weighted by atomic mass is 79.9. The van der Waals surface area contributed by atoms with Gasteiger partial charge in [0.05, 0.1) is 0 Å². The van der Waals surface area contributed by atoms with Crippen molar-refractivity contribution >= 4 is 27.5 Å². The van der Waals surface area contributed by atoms with E-state index in [0.29, 0.717) is 21.7 Å². The highest BCUT2D eigenvalue weighted by Crippen LogP contribution is 2.31. The topological polar surface area (TPSA) is 20.2 Å². The van der Waals surface area contributed by atoms with Crippen LogP contribution >= 0.6 is 27.5 Å². The molecule has 2 aromatic rings. The highest BCUT2D eigenvalue weighted by Gasteiger charge is 2.15. The molecule has 0 saturated heterocycles. The Bertz CT molecular complexity index is 586. The number of hydrogen-bond donors (Lipinski definition) is 1. The first kappa shape index (κ1) is 13.5. The summed E-state index contributed by atoms with van der Waals surface area (Å²) in [6, 6.07) is 9.79. The van der Waals surface area contributed by atoms with Gasteiger partial charge in [0.15, 0.2) is 0 Å². The molecule has 94 valence electrons. The lowest BCUT2D eigenvalue weighted by Gasteiger charge is -2.14. The largest absolute Gasteiger partial charge is 0.384 e. The van der Waals surface area contributed by atoms with E-state index >= 15 is 0 Å². The van der Waals surface area contributed by atoms with Crippen LogP contribution in [0.1, 0.15) is 22.8 Å². The van der Waals surface area contributed by atoms with Crippen LogP contribution in [-0.4, -0.2) is 5.11 Å². The Morgan fingerprint density at radius 3 is 2.61 bits per heavy atom. The summed E-state index contributed by atoms with van der Waals surface area (Å²) >= 11 is 9.39. The highest BCUT2D eigenvalue weighted by molar-refractivity contribution is 9.10. The van der Waals surface area contributed by atoms with Crippen LogP contribution in [0.15, 0.2) is 40.9 Å². The zero-order valence-corrected chi connectivity index (χ0v) is 12.0. The lowest BCUT2D eigenvalue weighted by molar-refractivity contribution is 0.220. The Hall–Kier alpha value is -0.900. The van der Waals surface area contributed by atoms with E-state index in [1.807, 2.05) is 0 Å². The number of hydrogen-bond acceptors (Lipinski definition) is 1. The number of aliphatic hydroxyl groups is 1. The molecule has 0 heterocycles. The first-order valence-electron chi connectivity index (χ1n) is 5.38. The van der Waals surface area contributed by atoms with Gasteiger partial charge in [-0.25, -0.2) is 4.39 Å². The lowest BCUT2D eigenvalue weighted by atomic mass is 10.00. The molecular weight excluding hydrogens is 319 g/mol. The van der Waals surface area contributed by atoms with E-state index in [1.54, 1.807) is 37.3 Å². The second-order valence-corrected chi connectivity index (χ2v) is 5.40. The molecule has 0 fully saturated rings. The molecular formula is C14H11BrClFO. The third-order valence-corrected chi connectivity index (χ3v) is 3.59. The van der Waals surface area contributed by atoms with Gasteiger partial charge in [-0.3, -0.25) is 0 Å². The van der Waals surface area contributed by atoms with Gasteiger partial charge in [0.2, 0.25) is 0 Å². The second kappa shape index (κ2) is 5.39. The standard InChI is InChI=1S/C14H11BrClFO/c1-8-6-9(2-5-13(8)17)14(18)11-7-10(15)3-4-12(11)16/h2-7,14,18H,1H3. The molecule has 0 aromatic heterocycles. The van der Waals surface area contributed by atoms with Crippen LogP contribution in [0.4, 0.5) is 4.39 Å². The van der Waals surface area contributed by atoms with E-state index in [4.69, 9.17) is 11.6 Å². The van der Waals surface area contributed by atoms with Crippen molar-refractivity contribution in [2.24, 2.45) is 0 Å². The molecule has 0 amide bonds. The second-order valence-electron chi connectivity index (χ2n) is 4.08. The smallest absolute Gasteiger partial charge is 0.126 e. The van der Waals surface area contributed by atoms with Gasteiger partial charge in [-0.05, 0) is 42.3 Å². The maximum atomic E-state index is 13.2. The third-order valence-electron chi connectivity index (χ3n) is 2.75. The molecule has 1 N–H and O–H groups in total. The molecule has 0 aliphatic carbocycles. The number of benzene rings is 2. The van der Waals surface area contributed by atoms with Crippen molar-refractivity contribution in [1.82, 2.24) is 0 Å². The van der Waals surface area contributed by atoms with Gasteiger partial charge in [0, 0.05) is 15.1 Å². The maximum Gasteiger partial charge on any atom is 0.126 e. The molecule has 0 aliphatic rings. The van der Waals surface area contributed by atoms with E-state index in [2.05, 4.69) is 15.9 Å². The van der Waals surface area contributed by atoms with E-state index in [-0.39, 0.29) is 5.82 Å². The minimum absolute atomic E-state index is 0.286. The summed E-state index contributed by atoms with van der Waals surface area (Å²) < 4.78 is 14.0. The number of halogens is 3. The lowest BCUT2D eigenvalue weighted by Crippen LogP contribution is -2.01. The Morgan fingerprint density at radius 1 is 1.22 bits per heavy atom. The maximum absolute atomic E-state index is 13.2. The van der Waals surface area contributed by atoms with Gasteiger partial charge < -0.3 is 5.11 Å². The van der Waals surface area contributed by atoms with Crippen molar-refractivity contribution in [3.63, 3.8) is 0 Å². The van der Waals surface area contributed by atoms with Crippen LogP contribution in [0, 0.1) is 12.7 Å². The first-order chi connectivity index (χ1) is 8.49. The zero-order valence-electron chi connectivity index (χ0n) is 9.62. The molecule has 1 nitrogen and oxygen atoms in total. The van der Waals surface area contributed by atoms with Crippen LogP contribution in [-0.2, 0) is 0 Å². The van der Waals surface area contributed by atoms with E-state index in [9.17, 15) is 9.50 Å². The van der Waals surface area contributed by atoms with Crippen LogP contribution in [0.25, 0.3) is 0 Å². The predicted molar refractivity (Wildman–Crippen MR) is 74.4 cm³/mol. The van der Waals surface area contributed by atoms with Crippen LogP contribution in [0.5, 0.6) is 0 Å². The van der Waals surface area contributed by atoms with Gasteiger partial charge in [-0.2, -0.15) is 0 Å². The zero-order chi connectivity index (χ0) is 13.3. The molecule has 1 unspecified atom stereocenters. The van der Waals surface area contributed by atoms with Gasteiger partial charge >= 0.3 is 0 Å². The van der Waals surface area contributed by atoms with Gasteiger partial charge in [0.1, 0.15) is 11.9 Å². The normalized spacial score (nSPS) is 12.5. The van der Waals surface area contributed by atoms with E-state index in [0.717, 1.165) is 4.47 Å². The fraction of sp³-hybridized carbons (Fsp3) is 0.143. The van der Waals surface area contributed by atoms with Crippen molar-refractivity contribution in [3.05, 3.63) is 68.4 Å². The Balaban J connectivity index is 2.44. The summed E-state index contributed by atoms with van der Waals surface area (Å²) in [7, 11) is 0. The van der Waals surface area contributed by atoms with Crippen molar-refractivity contribution in [2.45, 2.75) is 13.0 Å². The predicted octanol–water partition coefficient (Wildman–Crippen LogP) is 4.63. The fourth-order valence-electron chi connectivity index (χ4n) is 1.74. The Morgan fingerprint density at radius 2 is 1.94 bits per heavy atom. The Kier molecular flexibility index (Phi) is 4.05. The summed E-state index contributed by atoms with van der Waals surface area (Å²) in [6.07, 6.45) is -0.866. The van der Waals surface area contributed by atoms with Crippen molar-refractivity contribution in [1.29, 1.82) is 0 Å². The molecule has 2 aromatic carbocycles.